The lowest BCUT2D eigenvalue weighted by molar-refractivity contribution is -0.118. The molecule has 1 aliphatic heterocycles. The molecule has 1 heterocycles. The molecule has 0 saturated carbocycles. The van der Waals surface area contributed by atoms with E-state index < -0.39 is 0 Å². The summed E-state index contributed by atoms with van der Waals surface area (Å²) >= 11 is 0. The van der Waals surface area contributed by atoms with Gasteiger partial charge in [0.2, 0.25) is 5.91 Å². The van der Waals surface area contributed by atoms with Gasteiger partial charge in [0.15, 0.2) is 0 Å². The van der Waals surface area contributed by atoms with Crippen LogP contribution in [0.25, 0.3) is 0 Å². The maximum absolute atomic E-state index is 13.4. The van der Waals surface area contributed by atoms with Gasteiger partial charge in [0.25, 0.3) is 0 Å². The average Bonchev–Trinajstić information content (AvgIpc) is 2.43. The average molecular weight is 294 g/mol. The Morgan fingerprint density at radius 3 is 2.95 bits per heavy atom. The van der Waals surface area contributed by atoms with E-state index in [2.05, 4.69) is 5.32 Å². The molecule has 5 heteroatoms. The first-order valence-electron chi connectivity index (χ1n) is 7.31. The molecule has 1 saturated heterocycles. The van der Waals surface area contributed by atoms with Crippen LogP contribution in [0.15, 0.2) is 18.2 Å². The van der Waals surface area contributed by atoms with Gasteiger partial charge in [0.05, 0.1) is 6.54 Å². The van der Waals surface area contributed by atoms with Crippen molar-refractivity contribution >= 4 is 11.6 Å². The summed E-state index contributed by atoms with van der Waals surface area (Å²) in [6.07, 6.45) is 1.95. The quantitative estimate of drug-likeness (QED) is 0.895. The van der Waals surface area contributed by atoms with E-state index in [-0.39, 0.29) is 30.3 Å². The number of halogens is 1. The van der Waals surface area contributed by atoms with Crippen LogP contribution < -0.4 is 5.32 Å². The van der Waals surface area contributed by atoms with Crippen molar-refractivity contribution in [3.8, 4) is 0 Å². The highest BCUT2D eigenvalue weighted by atomic mass is 19.1. The molecule has 0 bridgehead atoms. The van der Waals surface area contributed by atoms with Crippen LogP contribution in [0.5, 0.6) is 0 Å². The molecule has 1 amide bonds. The lowest BCUT2D eigenvalue weighted by atomic mass is 9.83. The topological polar surface area (TPSA) is 52.6 Å². The van der Waals surface area contributed by atoms with E-state index in [0.717, 1.165) is 19.4 Å². The number of aliphatic hydroxyl groups is 1. The minimum absolute atomic E-state index is 0.130. The van der Waals surface area contributed by atoms with Crippen molar-refractivity contribution in [2.45, 2.75) is 26.7 Å². The van der Waals surface area contributed by atoms with E-state index in [0.29, 0.717) is 17.8 Å². The summed E-state index contributed by atoms with van der Waals surface area (Å²) in [6.45, 7) is 5.68. The molecule has 1 aromatic rings. The minimum Gasteiger partial charge on any atom is -0.396 e. The molecule has 0 spiro atoms. The SMILES string of the molecule is Cc1ccc(NC(=O)CN2CCCC(C)(CO)C2)cc1F. The summed E-state index contributed by atoms with van der Waals surface area (Å²) in [5.41, 5.74) is 0.905. The highest BCUT2D eigenvalue weighted by Crippen LogP contribution is 2.28. The van der Waals surface area contributed by atoms with Crippen molar-refractivity contribution in [2.24, 2.45) is 5.41 Å². The third kappa shape index (κ3) is 4.25. The fraction of sp³-hybridized carbons (Fsp3) is 0.562. The molecule has 2 N–H and O–H groups in total. The summed E-state index contributed by atoms with van der Waals surface area (Å²) in [5.74, 6) is -0.473. The van der Waals surface area contributed by atoms with Crippen molar-refractivity contribution in [3.63, 3.8) is 0 Å². The van der Waals surface area contributed by atoms with Crippen molar-refractivity contribution in [2.75, 3.05) is 31.6 Å². The number of rotatable bonds is 4. The maximum Gasteiger partial charge on any atom is 0.238 e. The third-order valence-electron chi connectivity index (χ3n) is 4.06. The van der Waals surface area contributed by atoms with Crippen molar-refractivity contribution in [3.05, 3.63) is 29.6 Å². The number of carbonyl (C=O) groups excluding carboxylic acids is 1. The predicted octanol–water partition coefficient (Wildman–Crippen LogP) is 2.17. The summed E-state index contributed by atoms with van der Waals surface area (Å²) in [6, 6.07) is 4.68. The standard InChI is InChI=1S/C16H23FN2O2/c1-12-4-5-13(8-14(12)17)18-15(21)9-19-7-3-6-16(2,10-19)11-20/h4-5,8,20H,3,6-7,9-11H2,1-2H3,(H,18,21). The van der Waals surface area contributed by atoms with E-state index in [1.165, 1.54) is 6.07 Å². The van der Waals surface area contributed by atoms with E-state index in [4.69, 9.17) is 0 Å². The fourth-order valence-corrected chi connectivity index (χ4v) is 2.77. The van der Waals surface area contributed by atoms with Crippen LogP contribution in [0.3, 0.4) is 0 Å². The molecular weight excluding hydrogens is 271 g/mol. The van der Waals surface area contributed by atoms with Crippen LogP contribution in [-0.2, 0) is 4.79 Å². The molecule has 1 unspecified atom stereocenters. The summed E-state index contributed by atoms with van der Waals surface area (Å²) in [7, 11) is 0. The number of hydrogen-bond donors (Lipinski definition) is 2. The lowest BCUT2D eigenvalue weighted by Gasteiger charge is -2.38. The van der Waals surface area contributed by atoms with Crippen LogP contribution in [0.2, 0.25) is 0 Å². The summed E-state index contributed by atoms with van der Waals surface area (Å²) < 4.78 is 13.4. The van der Waals surface area contributed by atoms with Gasteiger partial charge < -0.3 is 10.4 Å². The molecule has 1 fully saturated rings. The Morgan fingerprint density at radius 1 is 1.52 bits per heavy atom. The normalized spacial score (nSPS) is 23.0. The Bertz CT molecular complexity index is 521. The molecule has 1 aromatic carbocycles. The lowest BCUT2D eigenvalue weighted by Crippen LogP contribution is -2.46. The smallest absolute Gasteiger partial charge is 0.238 e. The number of piperidine rings is 1. The highest BCUT2D eigenvalue weighted by molar-refractivity contribution is 5.92. The van der Waals surface area contributed by atoms with Crippen molar-refractivity contribution in [1.82, 2.24) is 4.90 Å². The van der Waals surface area contributed by atoms with Gasteiger partial charge in [0.1, 0.15) is 5.82 Å². The predicted molar refractivity (Wildman–Crippen MR) is 80.6 cm³/mol. The number of anilines is 1. The molecule has 0 radical (unpaired) electrons. The van der Waals surface area contributed by atoms with E-state index >= 15 is 0 Å². The zero-order chi connectivity index (χ0) is 15.5. The Balaban J connectivity index is 1.91. The Labute approximate surface area is 125 Å². The molecule has 4 nitrogen and oxygen atoms in total. The Kier molecular flexibility index (Phi) is 4.96. The molecule has 2 rings (SSSR count). The molecular formula is C16H23FN2O2. The number of aliphatic hydroxyl groups excluding tert-OH is 1. The second-order valence-corrected chi connectivity index (χ2v) is 6.30. The van der Waals surface area contributed by atoms with Gasteiger partial charge in [-0.3, -0.25) is 9.69 Å². The van der Waals surface area contributed by atoms with Crippen molar-refractivity contribution < 1.29 is 14.3 Å². The van der Waals surface area contributed by atoms with Gasteiger partial charge >= 0.3 is 0 Å². The first-order valence-corrected chi connectivity index (χ1v) is 7.31. The number of hydrogen-bond acceptors (Lipinski definition) is 3. The fourth-order valence-electron chi connectivity index (χ4n) is 2.77. The molecule has 1 atom stereocenters. The monoisotopic (exact) mass is 294 g/mol. The van der Waals surface area contributed by atoms with E-state index in [1.54, 1.807) is 19.1 Å². The van der Waals surface area contributed by atoms with Gasteiger partial charge in [-0.15, -0.1) is 0 Å². The van der Waals surface area contributed by atoms with Crippen molar-refractivity contribution in [1.29, 1.82) is 0 Å². The molecule has 116 valence electrons. The maximum atomic E-state index is 13.4. The molecule has 1 aliphatic rings. The second-order valence-electron chi connectivity index (χ2n) is 6.30. The molecule has 0 aliphatic carbocycles. The number of nitrogens with zero attached hydrogens (tertiary/aromatic N) is 1. The van der Waals surface area contributed by atoms with Crippen LogP contribution in [-0.4, -0.2) is 42.2 Å². The molecule has 0 aromatic heterocycles. The first-order chi connectivity index (χ1) is 9.92. The Hall–Kier alpha value is -1.46. The van der Waals surface area contributed by atoms with Gasteiger partial charge in [-0.2, -0.15) is 0 Å². The number of aryl methyl sites for hydroxylation is 1. The van der Waals surface area contributed by atoms with Crippen LogP contribution in [0.1, 0.15) is 25.3 Å². The van der Waals surface area contributed by atoms with E-state index in [1.807, 2.05) is 11.8 Å². The Morgan fingerprint density at radius 2 is 2.29 bits per heavy atom. The van der Waals surface area contributed by atoms with Gasteiger partial charge in [-0.05, 0) is 44.0 Å². The largest absolute Gasteiger partial charge is 0.396 e. The third-order valence-corrected chi connectivity index (χ3v) is 4.06. The zero-order valence-corrected chi connectivity index (χ0v) is 12.7. The minimum atomic E-state index is -0.321. The van der Waals surface area contributed by atoms with Gasteiger partial charge in [-0.25, -0.2) is 4.39 Å². The number of carbonyl (C=O) groups is 1. The van der Waals surface area contributed by atoms with Gasteiger partial charge in [0, 0.05) is 24.3 Å². The molecule has 21 heavy (non-hydrogen) atoms. The van der Waals surface area contributed by atoms with E-state index in [9.17, 15) is 14.3 Å². The first kappa shape index (κ1) is 15.9. The second kappa shape index (κ2) is 6.54. The number of likely N-dealkylation sites (tertiary alicyclic amines) is 1. The zero-order valence-electron chi connectivity index (χ0n) is 12.7. The van der Waals surface area contributed by atoms with Crippen LogP contribution in [0, 0.1) is 18.2 Å². The van der Waals surface area contributed by atoms with Crippen LogP contribution in [0.4, 0.5) is 10.1 Å². The van der Waals surface area contributed by atoms with Gasteiger partial charge in [-0.1, -0.05) is 13.0 Å². The highest BCUT2D eigenvalue weighted by Gasteiger charge is 2.30. The summed E-state index contributed by atoms with van der Waals surface area (Å²) in [4.78, 5) is 14.1. The van der Waals surface area contributed by atoms with Crippen LogP contribution >= 0.6 is 0 Å². The number of amides is 1. The summed E-state index contributed by atoms with van der Waals surface area (Å²) in [5, 5.41) is 12.1. The number of benzene rings is 1. The number of nitrogens with one attached hydrogen (secondary N) is 1.